The van der Waals surface area contributed by atoms with E-state index in [-0.39, 0.29) is 11.8 Å². The van der Waals surface area contributed by atoms with Crippen LogP contribution in [-0.2, 0) is 28.0 Å². The lowest BCUT2D eigenvalue weighted by Crippen LogP contribution is -2.26. The van der Waals surface area contributed by atoms with Gasteiger partial charge in [-0.15, -0.1) is 0 Å². The van der Waals surface area contributed by atoms with Crippen LogP contribution >= 0.6 is 0 Å². The van der Waals surface area contributed by atoms with Gasteiger partial charge in [0.25, 0.3) is 5.91 Å². The maximum Gasteiger partial charge on any atom is 0.292 e. The van der Waals surface area contributed by atoms with Gasteiger partial charge in [0.05, 0.1) is 0 Å². The molecule has 0 aliphatic carbocycles. The maximum absolute atomic E-state index is 12.5. The highest BCUT2D eigenvalue weighted by molar-refractivity contribution is 6.41. The van der Waals surface area contributed by atoms with E-state index in [0.29, 0.717) is 18.0 Å². The van der Waals surface area contributed by atoms with Crippen LogP contribution in [0.2, 0.25) is 0 Å². The Balaban J connectivity index is 1.63. The van der Waals surface area contributed by atoms with Crippen LogP contribution in [0.15, 0.2) is 78.9 Å². The molecule has 3 rings (SSSR count). The third-order valence-corrected chi connectivity index (χ3v) is 4.75. The molecule has 154 valence electrons. The third-order valence-electron chi connectivity index (χ3n) is 4.75. The van der Waals surface area contributed by atoms with Gasteiger partial charge in [-0.1, -0.05) is 81.4 Å². The first kappa shape index (κ1) is 21.3. The molecule has 0 heterocycles. The van der Waals surface area contributed by atoms with Gasteiger partial charge in [-0.25, -0.2) is 0 Å². The number of amides is 1. The molecule has 3 aromatic carbocycles. The van der Waals surface area contributed by atoms with E-state index in [1.165, 1.54) is 0 Å². The molecule has 0 aliphatic heterocycles. The summed E-state index contributed by atoms with van der Waals surface area (Å²) in [6.07, 6.45) is 0.0199. The Hall–Kier alpha value is -3.40. The number of ketones is 1. The van der Waals surface area contributed by atoms with E-state index in [1.54, 1.807) is 6.07 Å². The molecular formula is C26H27NO3. The Morgan fingerprint density at radius 2 is 1.50 bits per heavy atom. The molecule has 3 aromatic rings. The highest BCUT2D eigenvalue weighted by Gasteiger charge is 2.21. The zero-order valence-corrected chi connectivity index (χ0v) is 17.6. The Labute approximate surface area is 177 Å². The molecule has 0 bridgehead atoms. The van der Waals surface area contributed by atoms with Crippen molar-refractivity contribution in [3.8, 4) is 5.75 Å². The second kappa shape index (κ2) is 9.40. The minimum atomic E-state index is -0.609. The van der Waals surface area contributed by atoms with Crippen molar-refractivity contribution in [1.29, 1.82) is 0 Å². The lowest BCUT2D eigenvalue weighted by Gasteiger charge is -2.22. The molecule has 0 aliphatic rings. The standard InChI is InChI=1S/C26H27NO3/c1-26(2,3)22-14-7-8-15-23(22)27-25(29)24(28)17-20-12-9-13-21(16-20)30-18-19-10-5-4-6-11-19/h4-16H,17-18H2,1-3H3,(H,27,29). The van der Waals surface area contributed by atoms with Crippen LogP contribution in [0.5, 0.6) is 5.75 Å². The van der Waals surface area contributed by atoms with Crippen molar-refractivity contribution in [1.82, 2.24) is 0 Å². The number of hydrogen-bond donors (Lipinski definition) is 1. The van der Waals surface area contributed by atoms with Crippen LogP contribution in [0.25, 0.3) is 0 Å². The number of hydrogen-bond acceptors (Lipinski definition) is 3. The van der Waals surface area contributed by atoms with Crippen molar-refractivity contribution in [2.45, 2.75) is 39.2 Å². The van der Waals surface area contributed by atoms with E-state index in [1.807, 2.05) is 72.8 Å². The number of ether oxygens (including phenoxy) is 1. The number of Topliss-reactive ketones (excluding diaryl/α,β-unsaturated/α-hetero) is 1. The summed E-state index contributed by atoms with van der Waals surface area (Å²) in [5, 5.41) is 2.78. The summed E-state index contributed by atoms with van der Waals surface area (Å²) in [4.78, 5) is 25.0. The largest absolute Gasteiger partial charge is 0.489 e. The van der Waals surface area contributed by atoms with E-state index in [4.69, 9.17) is 4.74 Å². The average molecular weight is 402 g/mol. The maximum atomic E-state index is 12.5. The first-order valence-electron chi connectivity index (χ1n) is 10.0. The second-order valence-corrected chi connectivity index (χ2v) is 8.27. The number of benzene rings is 3. The van der Waals surface area contributed by atoms with E-state index in [2.05, 4.69) is 26.1 Å². The molecule has 1 amide bonds. The highest BCUT2D eigenvalue weighted by Crippen LogP contribution is 2.29. The minimum Gasteiger partial charge on any atom is -0.489 e. The summed E-state index contributed by atoms with van der Waals surface area (Å²) in [5.41, 5.74) is 3.32. The molecule has 4 heteroatoms. The van der Waals surface area contributed by atoms with Crippen LogP contribution < -0.4 is 10.1 Å². The minimum absolute atomic E-state index is 0.0199. The molecule has 0 fully saturated rings. The SMILES string of the molecule is CC(C)(C)c1ccccc1NC(=O)C(=O)Cc1cccc(OCc2ccccc2)c1. The first-order valence-corrected chi connectivity index (χ1v) is 10.0. The van der Waals surface area contributed by atoms with Crippen molar-refractivity contribution in [2.75, 3.05) is 5.32 Å². The van der Waals surface area contributed by atoms with Gasteiger partial charge in [0, 0.05) is 12.1 Å². The molecule has 0 aromatic heterocycles. The summed E-state index contributed by atoms with van der Waals surface area (Å²) in [6.45, 7) is 6.66. The second-order valence-electron chi connectivity index (χ2n) is 8.27. The Morgan fingerprint density at radius 1 is 0.833 bits per heavy atom. The fourth-order valence-electron chi connectivity index (χ4n) is 3.19. The fraction of sp³-hybridized carbons (Fsp3) is 0.231. The van der Waals surface area contributed by atoms with Gasteiger partial charge in [0.2, 0.25) is 5.78 Å². The number of carbonyl (C=O) groups excluding carboxylic acids is 2. The molecule has 0 saturated heterocycles. The van der Waals surface area contributed by atoms with E-state index in [0.717, 1.165) is 16.7 Å². The Bertz CT molecular complexity index is 1020. The van der Waals surface area contributed by atoms with Crippen LogP contribution in [0.3, 0.4) is 0 Å². The third kappa shape index (κ3) is 5.80. The predicted molar refractivity (Wildman–Crippen MR) is 120 cm³/mol. The Kier molecular flexibility index (Phi) is 6.68. The predicted octanol–water partition coefficient (Wildman–Crippen LogP) is 5.31. The summed E-state index contributed by atoms with van der Waals surface area (Å²) in [5.74, 6) is -0.427. The number of para-hydroxylation sites is 1. The zero-order chi connectivity index (χ0) is 21.6. The van der Waals surface area contributed by atoms with Gasteiger partial charge in [-0.3, -0.25) is 9.59 Å². The quantitative estimate of drug-likeness (QED) is 0.546. The fourth-order valence-corrected chi connectivity index (χ4v) is 3.19. The monoisotopic (exact) mass is 401 g/mol. The molecule has 0 spiro atoms. The topological polar surface area (TPSA) is 55.4 Å². The van der Waals surface area contributed by atoms with Crippen LogP contribution in [0.4, 0.5) is 5.69 Å². The molecule has 30 heavy (non-hydrogen) atoms. The van der Waals surface area contributed by atoms with Gasteiger partial charge in [0.1, 0.15) is 12.4 Å². The number of rotatable bonds is 7. The summed E-state index contributed by atoms with van der Waals surface area (Å²) >= 11 is 0. The van der Waals surface area contributed by atoms with Crippen molar-refractivity contribution >= 4 is 17.4 Å². The van der Waals surface area contributed by atoms with Crippen LogP contribution in [0.1, 0.15) is 37.5 Å². The molecule has 1 N–H and O–H groups in total. The average Bonchev–Trinajstić information content (AvgIpc) is 2.73. The van der Waals surface area contributed by atoms with Crippen LogP contribution in [0, 0.1) is 0 Å². The molecule has 0 unspecified atom stereocenters. The molecule has 4 nitrogen and oxygen atoms in total. The molecule has 0 radical (unpaired) electrons. The highest BCUT2D eigenvalue weighted by atomic mass is 16.5. The summed E-state index contributed by atoms with van der Waals surface area (Å²) < 4.78 is 5.81. The van der Waals surface area contributed by atoms with E-state index in [9.17, 15) is 9.59 Å². The van der Waals surface area contributed by atoms with E-state index < -0.39 is 11.7 Å². The van der Waals surface area contributed by atoms with Gasteiger partial charge < -0.3 is 10.1 Å². The normalized spacial score (nSPS) is 11.0. The summed E-state index contributed by atoms with van der Waals surface area (Å²) in [7, 11) is 0. The summed E-state index contributed by atoms with van der Waals surface area (Å²) in [6, 6.07) is 24.7. The lowest BCUT2D eigenvalue weighted by atomic mass is 9.86. The lowest BCUT2D eigenvalue weighted by molar-refractivity contribution is -0.134. The van der Waals surface area contributed by atoms with Crippen molar-refractivity contribution in [2.24, 2.45) is 0 Å². The first-order chi connectivity index (χ1) is 14.3. The number of carbonyl (C=O) groups is 2. The number of anilines is 1. The zero-order valence-electron chi connectivity index (χ0n) is 17.6. The van der Waals surface area contributed by atoms with E-state index >= 15 is 0 Å². The smallest absolute Gasteiger partial charge is 0.292 e. The molecule has 0 saturated carbocycles. The molecule has 0 atom stereocenters. The van der Waals surface area contributed by atoms with Crippen molar-refractivity contribution in [3.63, 3.8) is 0 Å². The molecular weight excluding hydrogens is 374 g/mol. The van der Waals surface area contributed by atoms with Crippen LogP contribution in [-0.4, -0.2) is 11.7 Å². The Morgan fingerprint density at radius 3 is 2.23 bits per heavy atom. The van der Waals surface area contributed by atoms with Crippen molar-refractivity contribution in [3.05, 3.63) is 95.6 Å². The van der Waals surface area contributed by atoms with Gasteiger partial charge >= 0.3 is 0 Å². The number of nitrogens with one attached hydrogen (secondary N) is 1. The van der Waals surface area contributed by atoms with Gasteiger partial charge in [-0.05, 0) is 40.3 Å². The van der Waals surface area contributed by atoms with Crippen molar-refractivity contribution < 1.29 is 14.3 Å². The van der Waals surface area contributed by atoms with Gasteiger partial charge in [0.15, 0.2) is 0 Å². The van der Waals surface area contributed by atoms with Gasteiger partial charge in [-0.2, -0.15) is 0 Å².